The number of anilines is 1. The maximum atomic E-state index is 12.0. The first-order valence-electron chi connectivity index (χ1n) is 6.78. The van der Waals surface area contributed by atoms with Crippen LogP contribution in [0.25, 0.3) is 11.1 Å². The van der Waals surface area contributed by atoms with Crippen molar-refractivity contribution in [3.63, 3.8) is 0 Å². The fourth-order valence-electron chi connectivity index (χ4n) is 2.35. The second kappa shape index (κ2) is 5.36. The van der Waals surface area contributed by atoms with Gasteiger partial charge in [0.1, 0.15) is 5.75 Å². The summed E-state index contributed by atoms with van der Waals surface area (Å²) in [5, 5.41) is 0. The standard InChI is InChI=1S/C16H16N2O3/c1-2-20-14-8-7-12(17)9-11(14)10-18-13-5-3-4-6-15(13)21-16(18)19/h3-9H,2,10,17H2,1H3. The van der Waals surface area contributed by atoms with Crippen molar-refractivity contribution in [3.05, 3.63) is 58.6 Å². The Morgan fingerprint density at radius 1 is 1.24 bits per heavy atom. The summed E-state index contributed by atoms with van der Waals surface area (Å²) in [5.41, 5.74) is 8.65. The maximum Gasteiger partial charge on any atom is 0.420 e. The zero-order valence-corrected chi connectivity index (χ0v) is 11.7. The molecular weight excluding hydrogens is 268 g/mol. The van der Waals surface area contributed by atoms with Gasteiger partial charge in [-0.3, -0.25) is 4.57 Å². The molecule has 0 saturated heterocycles. The molecule has 2 aromatic carbocycles. The molecule has 5 heteroatoms. The summed E-state index contributed by atoms with van der Waals surface area (Å²) in [5.74, 6) is 0.338. The Balaban J connectivity index is 2.08. The lowest BCUT2D eigenvalue weighted by Gasteiger charge is -2.11. The van der Waals surface area contributed by atoms with Gasteiger partial charge < -0.3 is 14.9 Å². The van der Waals surface area contributed by atoms with Crippen LogP contribution in [-0.4, -0.2) is 11.2 Å². The largest absolute Gasteiger partial charge is 0.494 e. The molecule has 108 valence electrons. The molecule has 3 aromatic rings. The Bertz CT molecular complexity index is 833. The zero-order chi connectivity index (χ0) is 14.8. The number of para-hydroxylation sites is 2. The highest BCUT2D eigenvalue weighted by Gasteiger charge is 2.12. The van der Waals surface area contributed by atoms with Gasteiger partial charge >= 0.3 is 5.76 Å². The summed E-state index contributed by atoms with van der Waals surface area (Å²) < 4.78 is 12.4. The van der Waals surface area contributed by atoms with E-state index in [0.717, 1.165) is 16.8 Å². The number of fused-ring (bicyclic) bond motifs is 1. The van der Waals surface area contributed by atoms with Crippen LogP contribution in [0.5, 0.6) is 5.75 Å². The summed E-state index contributed by atoms with van der Waals surface area (Å²) in [4.78, 5) is 12.0. The minimum Gasteiger partial charge on any atom is -0.494 e. The van der Waals surface area contributed by atoms with Gasteiger partial charge in [0.25, 0.3) is 0 Å². The van der Waals surface area contributed by atoms with Gasteiger partial charge in [-0.05, 0) is 37.3 Å². The number of rotatable bonds is 4. The molecule has 0 spiro atoms. The number of oxazole rings is 1. The molecule has 1 aromatic heterocycles. The highest BCUT2D eigenvalue weighted by molar-refractivity contribution is 5.72. The number of aromatic nitrogens is 1. The van der Waals surface area contributed by atoms with Crippen LogP contribution >= 0.6 is 0 Å². The Kier molecular flexibility index (Phi) is 3.39. The minimum atomic E-state index is -0.388. The summed E-state index contributed by atoms with van der Waals surface area (Å²) >= 11 is 0. The Morgan fingerprint density at radius 3 is 2.86 bits per heavy atom. The third kappa shape index (κ3) is 2.50. The first-order chi connectivity index (χ1) is 10.2. The predicted octanol–water partition coefficient (Wildman–Crippen LogP) is 2.62. The van der Waals surface area contributed by atoms with Crippen LogP contribution in [-0.2, 0) is 6.54 Å². The number of nitrogens with two attached hydrogens (primary N) is 1. The molecule has 3 rings (SSSR count). The number of benzene rings is 2. The molecule has 2 N–H and O–H groups in total. The lowest BCUT2D eigenvalue weighted by molar-refractivity contribution is 0.335. The first kappa shape index (κ1) is 13.3. The molecule has 5 nitrogen and oxygen atoms in total. The van der Waals surface area contributed by atoms with Crippen molar-refractivity contribution in [2.45, 2.75) is 13.5 Å². The van der Waals surface area contributed by atoms with E-state index in [0.29, 0.717) is 24.4 Å². The van der Waals surface area contributed by atoms with Gasteiger partial charge in [-0.25, -0.2) is 4.79 Å². The average molecular weight is 284 g/mol. The number of ether oxygens (including phenoxy) is 1. The van der Waals surface area contributed by atoms with Crippen LogP contribution in [0.15, 0.2) is 51.7 Å². The van der Waals surface area contributed by atoms with Crippen LogP contribution < -0.4 is 16.2 Å². The van der Waals surface area contributed by atoms with E-state index in [1.807, 2.05) is 37.3 Å². The van der Waals surface area contributed by atoms with Crippen LogP contribution in [0.3, 0.4) is 0 Å². The Hall–Kier alpha value is -2.69. The van der Waals surface area contributed by atoms with Gasteiger partial charge in [0, 0.05) is 11.3 Å². The molecule has 0 aliphatic rings. The molecule has 21 heavy (non-hydrogen) atoms. The molecular formula is C16H16N2O3. The molecule has 0 unspecified atom stereocenters. The van der Waals surface area contributed by atoms with E-state index in [1.54, 1.807) is 16.7 Å². The van der Waals surface area contributed by atoms with Gasteiger partial charge in [0.15, 0.2) is 5.58 Å². The molecule has 0 aliphatic heterocycles. The smallest absolute Gasteiger partial charge is 0.420 e. The van der Waals surface area contributed by atoms with Crippen LogP contribution in [0.2, 0.25) is 0 Å². The van der Waals surface area contributed by atoms with E-state index in [-0.39, 0.29) is 5.76 Å². The van der Waals surface area contributed by atoms with E-state index >= 15 is 0 Å². The summed E-state index contributed by atoms with van der Waals surface area (Å²) in [7, 11) is 0. The van der Waals surface area contributed by atoms with Crippen LogP contribution in [0, 0.1) is 0 Å². The monoisotopic (exact) mass is 284 g/mol. The van der Waals surface area contributed by atoms with Gasteiger partial charge in [-0.15, -0.1) is 0 Å². The minimum absolute atomic E-state index is 0.357. The summed E-state index contributed by atoms with van der Waals surface area (Å²) in [6.07, 6.45) is 0. The van der Waals surface area contributed by atoms with Crippen molar-refractivity contribution in [1.29, 1.82) is 0 Å². The fraction of sp³-hybridized carbons (Fsp3) is 0.188. The average Bonchev–Trinajstić information content (AvgIpc) is 2.78. The van der Waals surface area contributed by atoms with Crippen molar-refractivity contribution in [1.82, 2.24) is 4.57 Å². The Morgan fingerprint density at radius 2 is 2.05 bits per heavy atom. The molecule has 0 atom stereocenters. The van der Waals surface area contributed by atoms with Crippen molar-refractivity contribution < 1.29 is 9.15 Å². The SMILES string of the molecule is CCOc1ccc(N)cc1Cn1c(=O)oc2ccccc21. The Labute approximate surface area is 121 Å². The molecule has 0 fully saturated rings. The maximum absolute atomic E-state index is 12.0. The highest BCUT2D eigenvalue weighted by Crippen LogP contribution is 2.23. The predicted molar refractivity (Wildman–Crippen MR) is 81.6 cm³/mol. The zero-order valence-electron chi connectivity index (χ0n) is 11.7. The molecule has 0 aliphatic carbocycles. The van der Waals surface area contributed by atoms with Crippen molar-refractivity contribution >= 4 is 16.8 Å². The quantitative estimate of drug-likeness (QED) is 0.748. The molecule has 1 heterocycles. The van der Waals surface area contributed by atoms with E-state index in [9.17, 15) is 4.79 Å². The summed E-state index contributed by atoms with van der Waals surface area (Å²) in [6, 6.07) is 12.8. The van der Waals surface area contributed by atoms with Crippen molar-refractivity contribution in [3.8, 4) is 5.75 Å². The lowest BCUT2D eigenvalue weighted by atomic mass is 10.1. The van der Waals surface area contributed by atoms with Crippen LogP contribution in [0.4, 0.5) is 5.69 Å². The summed E-state index contributed by atoms with van der Waals surface area (Å²) in [6.45, 7) is 2.83. The van der Waals surface area contributed by atoms with Gasteiger partial charge in [-0.2, -0.15) is 0 Å². The number of nitrogen functional groups attached to an aromatic ring is 1. The fourth-order valence-corrected chi connectivity index (χ4v) is 2.35. The molecule has 0 amide bonds. The lowest BCUT2D eigenvalue weighted by Crippen LogP contribution is -2.15. The van der Waals surface area contributed by atoms with E-state index in [1.165, 1.54) is 0 Å². The van der Waals surface area contributed by atoms with E-state index in [4.69, 9.17) is 14.9 Å². The third-order valence-corrected chi connectivity index (χ3v) is 3.29. The van der Waals surface area contributed by atoms with E-state index in [2.05, 4.69) is 0 Å². The van der Waals surface area contributed by atoms with Gasteiger partial charge in [0.05, 0.1) is 18.7 Å². The normalized spacial score (nSPS) is 10.9. The van der Waals surface area contributed by atoms with Gasteiger partial charge in [-0.1, -0.05) is 12.1 Å². The second-order valence-electron chi connectivity index (χ2n) is 4.72. The molecule has 0 saturated carbocycles. The first-order valence-corrected chi connectivity index (χ1v) is 6.78. The van der Waals surface area contributed by atoms with Gasteiger partial charge in [0.2, 0.25) is 0 Å². The topological polar surface area (TPSA) is 70.4 Å². The molecule has 0 bridgehead atoms. The number of hydrogen-bond acceptors (Lipinski definition) is 4. The molecule has 0 radical (unpaired) electrons. The van der Waals surface area contributed by atoms with Crippen LogP contribution in [0.1, 0.15) is 12.5 Å². The highest BCUT2D eigenvalue weighted by atomic mass is 16.5. The van der Waals surface area contributed by atoms with Crippen molar-refractivity contribution in [2.24, 2.45) is 0 Å². The third-order valence-electron chi connectivity index (χ3n) is 3.29. The van der Waals surface area contributed by atoms with Crippen molar-refractivity contribution in [2.75, 3.05) is 12.3 Å². The number of hydrogen-bond donors (Lipinski definition) is 1. The number of nitrogens with zero attached hydrogens (tertiary/aromatic N) is 1. The van der Waals surface area contributed by atoms with E-state index < -0.39 is 0 Å². The second-order valence-corrected chi connectivity index (χ2v) is 4.72.